The first-order valence-electron chi connectivity index (χ1n) is 8.50. The van der Waals surface area contributed by atoms with Crippen molar-refractivity contribution in [2.24, 2.45) is 0 Å². The van der Waals surface area contributed by atoms with E-state index in [0.29, 0.717) is 24.5 Å². The third-order valence-corrected chi connectivity index (χ3v) is 4.41. The van der Waals surface area contributed by atoms with E-state index in [1.54, 1.807) is 24.1 Å². The van der Waals surface area contributed by atoms with Gasteiger partial charge in [-0.25, -0.2) is 4.79 Å². The van der Waals surface area contributed by atoms with E-state index >= 15 is 0 Å². The first kappa shape index (κ1) is 18.4. The molecule has 1 aromatic carbocycles. The van der Waals surface area contributed by atoms with Crippen molar-refractivity contribution >= 4 is 17.5 Å². The van der Waals surface area contributed by atoms with Crippen LogP contribution in [-0.2, 0) is 16.1 Å². The predicted molar refractivity (Wildman–Crippen MR) is 97.9 cm³/mol. The molecule has 0 radical (unpaired) electrons. The van der Waals surface area contributed by atoms with Crippen molar-refractivity contribution in [2.45, 2.75) is 13.0 Å². The largest absolute Gasteiger partial charge is 0.495 e. The highest BCUT2D eigenvalue weighted by atomic mass is 16.5. The van der Waals surface area contributed by atoms with Crippen LogP contribution in [0.1, 0.15) is 6.42 Å². The number of aromatic nitrogens is 2. The molecule has 1 saturated heterocycles. The van der Waals surface area contributed by atoms with Gasteiger partial charge in [0, 0.05) is 38.3 Å². The number of carbonyl (C=O) groups excluding carboxylic acids is 2. The van der Waals surface area contributed by atoms with Crippen LogP contribution in [0.15, 0.2) is 46.1 Å². The van der Waals surface area contributed by atoms with E-state index in [4.69, 9.17) is 4.74 Å². The second-order valence-electron chi connectivity index (χ2n) is 6.09. The number of para-hydroxylation sites is 2. The van der Waals surface area contributed by atoms with E-state index in [0.717, 1.165) is 0 Å². The standard InChI is InChI=1S/C18H20N4O5/c1-27-14-5-3-2-4-13(14)22-11-10-21(12-17(22)25)16(24)7-9-20-8-6-15(23)19-18(20)26/h2-6,8H,7,9-12H2,1H3,(H,19,23,26). The van der Waals surface area contributed by atoms with Gasteiger partial charge in [-0.1, -0.05) is 12.1 Å². The lowest BCUT2D eigenvalue weighted by Gasteiger charge is -2.35. The van der Waals surface area contributed by atoms with E-state index in [1.807, 2.05) is 12.1 Å². The molecule has 0 unspecified atom stereocenters. The molecule has 1 aliphatic rings. The molecular weight excluding hydrogens is 352 g/mol. The lowest BCUT2D eigenvalue weighted by molar-refractivity contribution is -0.137. The molecule has 0 spiro atoms. The Morgan fingerprint density at radius 1 is 1.15 bits per heavy atom. The molecule has 9 heteroatoms. The monoisotopic (exact) mass is 372 g/mol. The van der Waals surface area contributed by atoms with Gasteiger partial charge in [0.1, 0.15) is 12.3 Å². The third kappa shape index (κ3) is 4.08. The number of amides is 2. The van der Waals surface area contributed by atoms with Gasteiger partial charge < -0.3 is 19.1 Å². The summed E-state index contributed by atoms with van der Waals surface area (Å²) in [4.78, 5) is 52.9. The molecule has 0 saturated carbocycles. The van der Waals surface area contributed by atoms with Gasteiger partial charge in [-0.15, -0.1) is 0 Å². The number of nitrogens with zero attached hydrogens (tertiary/aromatic N) is 3. The summed E-state index contributed by atoms with van der Waals surface area (Å²) >= 11 is 0. The van der Waals surface area contributed by atoms with Crippen LogP contribution in [0.5, 0.6) is 5.75 Å². The quantitative estimate of drug-likeness (QED) is 0.783. The molecule has 1 fully saturated rings. The third-order valence-electron chi connectivity index (χ3n) is 4.41. The van der Waals surface area contributed by atoms with Crippen LogP contribution in [0, 0.1) is 0 Å². The van der Waals surface area contributed by atoms with Crippen molar-refractivity contribution in [1.82, 2.24) is 14.5 Å². The van der Waals surface area contributed by atoms with Crippen molar-refractivity contribution in [3.63, 3.8) is 0 Å². The molecular formula is C18H20N4O5. The molecule has 2 heterocycles. The van der Waals surface area contributed by atoms with Gasteiger partial charge in [-0.05, 0) is 12.1 Å². The van der Waals surface area contributed by atoms with Crippen molar-refractivity contribution in [3.8, 4) is 5.75 Å². The van der Waals surface area contributed by atoms with Crippen molar-refractivity contribution in [1.29, 1.82) is 0 Å². The van der Waals surface area contributed by atoms with Crippen molar-refractivity contribution in [3.05, 3.63) is 57.4 Å². The molecule has 0 aliphatic carbocycles. The second-order valence-corrected chi connectivity index (χ2v) is 6.09. The van der Waals surface area contributed by atoms with E-state index in [9.17, 15) is 19.2 Å². The second kappa shape index (κ2) is 7.90. The molecule has 3 rings (SSSR count). The number of ether oxygens (including phenoxy) is 1. The minimum Gasteiger partial charge on any atom is -0.495 e. The van der Waals surface area contributed by atoms with Gasteiger partial charge in [-0.3, -0.25) is 19.4 Å². The number of hydrogen-bond donors (Lipinski definition) is 1. The van der Waals surface area contributed by atoms with Crippen LogP contribution in [0.25, 0.3) is 0 Å². The molecule has 1 aliphatic heterocycles. The maximum atomic E-state index is 12.5. The molecule has 0 bridgehead atoms. The van der Waals surface area contributed by atoms with Crippen LogP contribution in [-0.4, -0.2) is 53.0 Å². The molecule has 1 aromatic heterocycles. The Morgan fingerprint density at radius 2 is 1.93 bits per heavy atom. The summed E-state index contributed by atoms with van der Waals surface area (Å²) in [6.45, 7) is 0.861. The zero-order valence-corrected chi connectivity index (χ0v) is 14.9. The average molecular weight is 372 g/mol. The lowest BCUT2D eigenvalue weighted by atomic mass is 10.2. The number of nitrogens with one attached hydrogen (secondary N) is 1. The molecule has 9 nitrogen and oxygen atoms in total. The highest BCUT2D eigenvalue weighted by Gasteiger charge is 2.29. The summed E-state index contributed by atoms with van der Waals surface area (Å²) in [5, 5.41) is 0. The number of piperazine rings is 1. The maximum absolute atomic E-state index is 12.5. The summed E-state index contributed by atoms with van der Waals surface area (Å²) in [6, 6.07) is 8.45. The molecule has 0 atom stereocenters. The van der Waals surface area contributed by atoms with Gasteiger partial charge in [0.25, 0.3) is 5.56 Å². The van der Waals surface area contributed by atoms with Crippen LogP contribution < -0.4 is 20.9 Å². The zero-order chi connectivity index (χ0) is 19.4. The number of anilines is 1. The number of aryl methyl sites for hydroxylation is 1. The Kier molecular flexibility index (Phi) is 5.39. The van der Waals surface area contributed by atoms with Crippen molar-refractivity contribution < 1.29 is 14.3 Å². The number of rotatable bonds is 5. The van der Waals surface area contributed by atoms with E-state index in [1.165, 1.54) is 21.7 Å². The maximum Gasteiger partial charge on any atom is 0.328 e. The van der Waals surface area contributed by atoms with Gasteiger partial charge >= 0.3 is 5.69 Å². The van der Waals surface area contributed by atoms with Crippen LogP contribution in [0.2, 0.25) is 0 Å². The predicted octanol–water partition coefficient (Wildman–Crippen LogP) is -0.189. The summed E-state index contributed by atoms with van der Waals surface area (Å²) in [5.41, 5.74) is -0.370. The lowest BCUT2D eigenvalue weighted by Crippen LogP contribution is -2.52. The SMILES string of the molecule is COc1ccccc1N1CCN(C(=O)CCn2ccc(=O)[nH]c2=O)CC1=O. The van der Waals surface area contributed by atoms with Gasteiger partial charge in [0.2, 0.25) is 11.8 Å². The fraction of sp³-hybridized carbons (Fsp3) is 0.333. The van der Waals surface area contributed by atoms with Crippen LogP contribution in [0.3, 0.4) is 0 Å². The summed E-state index contributed by atoms with van der Waals surface area (Å²) in [7, 11) is 1.54. The van der Waals surface area contributed by atoms with E-state index in [-0.39, 0.29) is 31.3 Å². The number of H-pyrrole nitrogens is 1. The molecule has 2 amide bonds. The number of hydrogen-bond acceptors (Lipinski definition) is 5. The highest BCUT2D eigenvalue weighted by Crippen LogP contribution is 2.28. The number of methoxy groups -OCH3 is 1. The number of aromatic amines is 1. The van der Waals surface area contributed by atoms with E-state index < -0.39 is 11.2 Å². The Balaban J connectivity index is 1.62. The molecule has 142 valence electrons. The highest BCUT2D eigenvalue weighted by molar-refractivity contribution is 5.99. The Hall–Kier alpha value is -3.36. The van der Waals surface area contributed by atoms with Gasteiger partial charge in [0.05, 0.1) is 12.8 Å². The number of carbonyl (C=O) groups is 2. The molecule has 1 N–H and O–H groups in total. The fourth-order valence-electron chi connectivity index (χ4n) is 2.99. The topological polar surface area (TPSA) is 105 Å². The van der Waals surface area contributed by atoms with Gasteiger partial charge in [0.15, 0.2) is 0 Å². The Labute approximate surface area is 154 Å². The minimum absolute atomic E-state index is 0.0304. The molecule has 2 aromatic rings. The summed E-state index contributed by atoms with van der Waals surface area (Å²) < 4.78 is 6.55. The Morgan fingerprint density at radius 3 is 2.63 bits per heavy atom. The normalized spacial score (nSPS) is 14.3. The summed E-state index contributed by atoms with van der Waals surface area (Å²) in [6.07, 6.45) is 1.41. The van der Waals surface area contributed by atoms with Crippen molar-refractivity contribution in [2.75, 3.05) is 31.6 Å². The first-order valence-corrected chi connectivity index (χ1v) is 8.50. The number of benzene rings is 1. The fourth-order valence-corrected chi connectivity index (χ4v) is 2.99. The Bertz CT molecular complexity index is 964. The zero-order valence-electron chi connectivity index (χ0n) is 14.9. The van der Waals surface area contributed by atoms with E-state index in [2.05, 4.69) is 4.98 Å². The summed E-state index contributed by atoms with van der Waals surface area (Å²) in [5.74, 6) is 0.185. The smallest absolute Gasteiger partial charge is 0.328 e. The average Bonchev–Trinajstić information content (AvgIpc) is 2.67. The molecule has 27 heavy (non-hydrogen) atoms. The first-order chi connectivity index (χ1) is 13.0. The minimum atomic E-state index is -0.563. The van der Waals surface area contributed by atoms with Crippen LogP contribution in [0.4, 0.5) is 5.69 Å². The van der Waals surface area contributed by atoms with Crippen LogP contribution >= 0.6 is 0 Å². The van der Waals surface area contributed by atoms with Gasteiger partial charge in [-0.2, -0.15) is 0 Å².